The first-order chi connectivity index (χ1) is 8.70. The first-order valence-electron chi connectivity index (χ1n) is 6.35. The number of hydrogen-bond acceptors (Lipinski definition) is 3. The molecule has 0 spiro atoms. The molecule has 0 bridgehead atoms. The lowest BCUT2D eigenvalue weighted by Crippen LogP contribution is -2.16. The van der Waals surface area contributed by atoms with E-state index in [4.69, 9.17) is 9.84 Å². The van der Waals surface area contributed by atoms with Crippen molar-refractivity contribution in [3.8, 4) is 5.75 Å². The Morgan fingerprint density at radius 2 is 2.39 bits per heavy atom. The monoisotopic (exact) mass is 249 g/mol. The van der Waals surface area contributed by atoms with Crippen LogP contribution in [0.5, 0.6) is 5.75 Å². The molecule has 0 amide bonds. The lowest BCUT2D eigenvalue weighted by Gasteiger charge is -2.17. The van der Waals surface area contributed by atoms with E-state index >= 15 is 0 Å². The van der Waals surface area contributed by atoms with Crippen molar-refractivity contribution in [1.82, 2.24) is 5.32 Å². The molecule has 0 radical (unpaired) electrons. The zero-order valence-electron chi connectivity index (χ0n) is 10.6. The number of carbonyl (C=O) groups is 1. The van der Waals surface area contributed by atoms with Crippen molar-refractivity contribution in [2.75, 3.05) is 13.7 Å². The Labute approximate surface area is 107 Å². The van der Waals surface area contributed by atoms with Crippen LogP contribution in [0.25, 0.3) is 0 Å². The maximum absolute atomic E-state index is 10.5. The zero-order valence-corrected chi connectivity index (χ0v) is 10.6. The van der Waals surface area contributed by atoms with Gasteiger partial charge >= 0.3 is 5.97 Å². The van der Waals surface area contributed by atoms with Crippen LogP contribution in [0.15, 0.2) is 18.2 Å². The summed E-state index contributed by atoms with van der Waals surface area (Å²) in [5.74, 6) is 0.256. The fraction of sp³-hybridized carbons (Fsp3) is 0.500. The van der Waals surface area contributed by atoms with Gasteiger partial charge in [-0.3, -0.25) is 4.79 Å². The van der Waals surface area contributed by atoms with Gasteiger partial charge in [0, 0.05) is 18.9 Å². The van der Waals surface area contributed by atoms with E-state index in [0.717, 1.165) is 25.2 Å². The molecule has 0 aliphatic carbocycles. The van der Waals surface area contributed by atoms with Gasteiger partial charge in [-0.2, -0.15) is 0 Å². The summed E-state index contributed by atoms with van der Waals surface area (Å²) in [6.45, 7) is 0.766. The van der Waals surface area contributed by atoms with E-state index in [-0.39, 0.29) is 12.5 Å². The van der Waals surface area contributed by atoms with Crippen LogP contribution in [0.2, 0.25) is 0 Å². The van der Waals surface area contributed by atoms with Crippen molar-refractivity contribution in [2.45, 2.75) is 31.7 Å². The van der Waals surface area contributed by atoms with Crippen molar-refractivity contribution in [1.29, 1.82) is 0 Å². The van der Waals surface area contributed by atoms with Gasteiger partial charge in [0.25, 0.3) is 0 Å². The fourth-order valence-electron chi connectivity index (χ4n) is 2.36. The van der Waals surface area contributed by atoms with Crippen molar-refractivity contribution < 1.29 is 14.6 Å². The molecule has 1 aliphatic heterocycles. The molecule has 1 aliphatic rings. The molecular weight excluding hydrogens is 230 g/mol. The summed E-state index contributed by atoms with van der Waals surface area (Å²) in [6.07, 6.45) is 2.72. The van der Waals surface area contributed by atoms with Crippen LogP contribution in [0.3, 0.4) is 0 Å². The molecule has 1 unspecified atom stereocenters. The quantitative estimate of drug-likeness (QED) is 0.811. The summed E-state index contributed by atoms with van der Waals surface area (Å²) in [5, 5.41) is 11.9. The summed E-state index contributed by atoms with van der Waals surface area (Å²) in [4.78, 5) is 10.5. The van der Waals surface area contributed by atoms with Crippen LogP contribution in [0.1, 0.15) is 36.4 Å². The summed E-state index contributed by atoms with van der Waals surface area (Å²) >= 11 is 0. The maximum Gasteiger partial charge on any atom is 0.303 e. The smallest absolute Gasteiger partial charge is 0.303 e. The van der Waals surface area contributed by atoms with E-state index in [1.807, 2.05) is 13.1 Å². The lowest BCUT2D eigenvalue weighted by molar-refractivity contribution is -0.137. The SMILES string of the molecule is CNC(CCCC(=O)O)c1ccc2c(c1)CCO2. The second-order valence-corrected chi connectivity index (χ2v) is 4.59. The molecule has 98 valence electrons. The Morgan fingerprint density at radius 1 is 1.56 bits per heavy atom. The van der Waals surface area contributed by atoms with Crippen LogP contribution in [-0.4, -0.2) is 24.7 Å². The molecule has 4 nitrogen and oxygen atoms in total. The van der Waals surface area contributed by atoms with E-state index in [0.29, 0.717) is 6.42 Å². The summed E-state index contributed by atoms with van der Waals surface area (Å²) in [6, 6.07) is 6.46. The number of hydrogen-bond donors (Lipinski definition) is 2. The number of rotatable bonds is 6. The minimum Gasteiger partial charge on any atom is -0.493 e. The molecule has 0 fully saturated rings. The molecular formula is C14H19NO3. The van der Waals surface area contributed by atoms with Gasteiger partial charge in [0.05, 0.1) is 6.61 Å². The average Bonchev–Trinajstić information content (AvgIpc) is 2.81. The Morgan fingerprint density at radius 3 is 3.11 bits per heavy atom. The highest BCUT2D eigenvalue weighted by Crippen LogP contribution is 2.29. The third kappa shape index (κ3) is 3.01. The molecule has 0 saturated carbocycles. The van der Waals surface area contributed by atoms with E-state index in [9.17, 15) is 4.79 Å². The number of fused-ring (bicyclic) bond motifs is 1. The Kier molecular flexibility index (Phi) is 4.20. The van der Waals surface area contributed by atoms with E-state index in [1.165, 1.54) is 11.1 Å². The van der Waals surface area contributed by atoms with E-state index < -0.39 is 5.97 Å². The standard InChI is InChI=1S/C14H19NO3/c1-15-12(3-2-4-14(16)17)10-5-6-13-11(9-10)7-8-18-13/h5-6,9,12,15H,2-4,7-8H2,1H3,(H,16,17). The molecule has 1 heterocycles. The second kappa shape index (κ2) is 5.87. The van der Waals surface area contributed by atoms with E-state index in [1.54, 1.807) is 0 Å². The first-order valence-corrected chi connectivity index (χ1v) is 6.35. The van der Waals surface area contributed by atoms with Gasteiger partial charge in [0.2, 0.25) is 0 Å². The number of aliphatic carboxylic acids is 1. The highest BCUT2D eigenvalue weighted by molar-refractivity contribution is 5.66. The first kappa shape index (κ1) is 12.9. The Hall–Kier alpha value is -1.55. The normalized spacial score (nSPS) is 14.9. The third-order valence-electron chi connectivity index (χ3n) is 3.35. The number of carboxylic acids is 1. The Balaban J connectivity index is 2.01. The number of nitrogens with one attached hydrogen (secondary N) is 1. The Bertz CT molecular complexity index is 431. The average molecular weight is 249 g/mol. The zero-order chi connectivity index (χ0) is 13.0. The molecule has 18 heavy (non-hydrogen) atoms. The van der Waals surface area contributed by atoms with Gasteiger partial charge in [-0.25, -0.2) is 0 Å². The number of benzene rings is 1. The molecule has 2 N–H and O–H groups in total. The van der Waals surface area contributed by atoms with Crippen molar-refractivity contribution in [2.24, 2.45) is 0 Å². The predicted octanol–water partition coefficient (Wildman–Crippen LogP) is 2.14. The molecule has 0 saturated heterocycles. The number of ether oxygens (including phenoxy) is 1. The van der Waals surface area contributed by atoms with Gasteiger partial charge in [-0.15, -0.1) is 0 Å². The highest BCUT2D eigenvalue weighted by atomic mass is 16.5. The van der Waals surface area contributed by atoms with Crippen LogP contribution in [0, 0.1) is 0 Å². The summed E-state index contributed by atoms with van der Waals surface area (Å²) < 4.78 is 5.48. The third-order valence-corrected chi connectivity index (χ3v) is 3.35. The lowest BCUT2D eigenvalue weighted by atomic mass is 9.98. The van der Waals surface area contributed by atoms with Crippen LogP contribution in [-0.2, 0) is 11.2 Å². The van der Waals surface area contributed by atoms with Crippen LogP contribution in [0.4, 0.5) is 0 Å². The van der Waals surface area contributed by atoms with Gasteiger partial charge in [-0.05, 0) is 37.1 Å². The molecule has 2 rings (SSSR count). The summed E-state index contributed by atoms with van der Waals surface area (Å²) in [7, 11) is 1.91. The fourth-order valence-corrected chi connectivity index (χ4v) is 2.36. The maximum atomic E-state index is 10.5. The molecule has 1 aromatic carbocycles. The second-order valence-electron chi connectivity index (χ2n) is 4.59. The minimum absolute atomic E-state index is 0.218. The van der Waals surface area contributed by atoms with E-state index in [2.05, 4.69) is 17.4 Å². The highest BCUT2D eigenvalue weighted by Gasteiger charge is 2.16. The van der Waals surface area contributed by atoms with Gasteiger partial charge in [0.15, 0.2) is 0 Å². The van der Waals surface area contributed by atoms with Gasteiger partial charge in [-0.1, -0.05) is 12.1 Å². The summed E-state index contributed by atoms with van der Waals surface area (Å²) in [5.41, 5.74) is 2.47. The molecule has 1 aromatic rings. The largest absolute Gasteiger partial charge is 0.493 e. The predicted molar refractivity (Wildman–Crippen MR) is 68.9 cm³/mol. The topological polar surface area (TPSA) is 58.6 Å². The van der Waals surface area contributed by atoms with Crippen molar-refractivity contribution in [3.63, 3.8) is 0 Å². The molecule has 1 atom stereocenters. The number of carboxylic acid groups (broad SMARTS) is 1. The van der Waals surface area contributed by atoms with Gasteiger partial charge < -0.3 is 15.2 Å². The molecule has 0 aromatic heterocycles. The van der Waals surface area contributed by atoms with Gasteiger partial charge in [0.1, 0.15) is 5.75 Å². The minimum atomic E-state index is -0.729. The molecule has 4 heteroatoms. The van der Waals surface area contributed by atoms with Crippen LogP contribution < -0.4 is 10.1 Å². The van der Waals surface area contributed by atoms with Crippen molar-refractivity contribution >= 4 is 5.97 Å². The van der Waals surface area contributed by atoms with Crippen molar-refractivity contribution in [3.05, 3.63) is 29.3 Å². The van der Waals surface area contributed by atoms with Crippen LogP contribution >= 0.6 is 0 Å².